The van der Waals surface area contributed by atoms with Crippen LogP contribution < -0.4 is 4.74 Å². The van der Waals surface area contributed by atoms with Crippen LogP contribution in [0.4, 0.5) is 4.79 Å². The summed E-state index contributed by atoms with van der Waals surface area (Å²) in [6, 6.07) is 19.7. The van der Waals surface area contributed by atoms with Crippen LogP contribution in [0.5, 0.6) is 5.75 Å². The molecule has 168 valence electrons. The van der Waals surface area contributed by atoms with Crippen LogP contribution in [-0.2, 0) is 20.9 Å². The Morgan fingerprint density at radius 3 is 2.64 bits per heavy atom. The lowest BCUT2D eigenvalue weighted by Crippen LogP contribution is -2.34. The summed E-state index contributed by atoms with van der Waals surface area (Å²) in [5.74, 6) is -0.579. The SMILES string of the molecule is CCOC(=O)CN1C(=O)S/C(=C/c2cc(Br)ccc2OCc2ccc3ccccc3c2)C1=O. The smallest absolute Gasteiger partial charge is 0.326 e. The van der Waals surface area contributed by atoms with E-state index in [0.717, 1.165) is 37.5 Å². The molecule has 33 heavy (non-hydrogen) atoms. The zero-order valence-corrected chi connectivity index (χ0v) is 20.1. The van der Waals surface area contributed by atoms with Gasteiger partial charge in [0.25, 0.3) is 11.1 Å². The molecular weight excluding hydrogens is 506 g/mol. The van der Waals surface area contributed by atoms with Gasteiger partial charge in [-0.25, -0.2) is 0 Å². The summed E-state index contributed by atoms with van der Waals surface area (Å²) in [5, 5.41) is 1.78. The first-order valence-electron chi connectivity index (χ1n) is 10.3. The van der Waals surface area contributed by atoms with Crippen LogP contribution in [0.3, 0.4) is 0 Å². The number of benzene rings is 3. The predicted molar refractivity (Wildman–Crippen MR) is 132 cm³/mol. The molecule has 1 saturated heterocycles. The Morgan fingerprint density at radius 2 is 1.85 bits per heavy atom. The molecule has 1 fully saturated rings. The fourth-order valence-corrected chi connectivity index (χ4v) is 4.57. The van der Waals surface area contributed by atoms with Crippen molar-refractivity contribution in [3.63, 3.8) is 0 Å². The zero-order valence-electron chi connectivity index (χ0n) is 17.7. The van der Waals surface area contributed by atoms with E-state index in [9.17, 15) is 14.4 Å². The number of imide groups is 1. The maximum Gasteiger partial charge on any atom is 0.326 e. The molecule has 0 N–H and O–H groups in total. The van der Waals surface area contributed by atoms with Crippen molar-refractivity contribution in [1.82, 2.24) is 4.90 Å². The maximum absolute atomic E-state index is 12.7. The van der Waals surface area contributed by atoms with E-state index in [4.69, 9.17) is 9.47 Å². The average Bonchev–Trinajstić information content (AvgIpc) is 3.06. The van der Waals surface area contributed by atoms with Gasteiger partial charge >= 0.3 is 5.97 Å². The number of amides is 2. The first-order valence-corrected chi connectivity index (χ1v) is 11.9. The third kappa shape index (κ3) is 5.46. The van der Waals surface area contributed by atoms with Crippen molar-refractivity contribution in [2.75, 3.05) is 13.2 Å². The standard InChI is InChI=1S/C25H20BrNO5S/c1-2-31-23(28)14-27-24(29)22(33-25(27)30)13-19-12-20(26)9-10-21(19)32-15-16-7-8-17-5-3-4-6-18(17)11-16/h3-13H,2,14-15H2,1H3/b22-13+. The number of esters is 1. The summed E-state index contributed by atoms with van der Waals surface area (Å²) in [4.78, 5) is 37.8. The van der Waals surface area contributed by atoms with Crippen LogP contribution in [0, 0.1) is 0 Å². The van der Waals surface area contributed by atoms with Crippen LogP contribution in [0.2, 0.25) is 0 Å². The molecule has 2 amide bonds. The van der Waals surface area contributed by atoms with Gasteiger partial charge < -0.3 is 9.47 Å². The second-order valence-corrected chi connectivity index (χ2v) is 9.13. The van der Waals surface area contributed by atoms with Crippen molar-refractivity contribution in [2.45, 2.75) is 13.5 Å². The van der Waals surface area contributed by atoms with Gasteiger partial charge in [-0.1, -0.05) is 52.3 Å². The van der Waals surface area contributed by atoms with Crippen LogP contribution in [0.1, 0.15) is 18.1 Å². The number of thioether (sulfide) groups is 1. The third-order valence-corrected chi connectivity index (χ3v) is 6.33. The number of fused-ring (bicyclic) bond motifs is 1. The molecular formula is C25H20BrNO5S. The summed E-state index contributed by atoms with van der Waals surface area (Å²) < 4.78 is 11.7. The Kier molecular flexibility index (Phi) is 7.15. The summed E-state index contributed by atoms with van der Waals surface area (Å²) in [6.07, 6.45) is 1.61. The van der Waals surface area contributed by atoms with Crippen LogP contribution >= 0.6 is 27.7 Å². The summed E-state index contributed by atoms with van der Waals surface area (Å²) in [5.41, 5.74) is 1.66. The minimum Gasteiger partial charge on any atom is -0.488 e. The molecule has 0 radical (unpaired) electrons. The Hall–Kier alpha value is -3.10. The van der Waals surface area contributed by atoms with E-state index in [1.54, 1.807) is 19.1 Å². The van der Waals surface area contributed by atoms with E-state index in [-0.39, 0.29) is 11.5 Å². The highest BCUT2D eigenvalue weighted by Crippen LogP contribution is 2.35. The lowest BCUT2D eigenvalue weighted by Gasteiger charge is -2.12. The molecule has 0 aliphatic carbocycles. The highest BCUT2D eigenvalue weighted by molar-refractivity contribution is 9.10. The molecule has 0 atom stereocenters. The minimum atomic E-state index is -0.622. The van der Waals surface area contributed by atoms with Crippen molar-refractivity contribution >= 4 is 61.7 Å². The molecule has 3 aromatic carbocycles. The van der Waals surface area contributed by atoms with Crippen molar-refractivity contribution in [3.8, 4) is 5.75 Å². The van der Waals surface area contributed by atoms with Gasteiger partial charge in [0.15, 0.2) is 0 Å². The summed E-state index contributed by atoms with van der Waals surface area (Å²) >= 11 is 4.23. The fourth-order valence-electron chi connectivity index (χ4n) is 3.37. The van der Waals surface area contributed by atoms with Gasteiger partial charge in [-0.15, -0.1) is 0 Å². The van der Waals surface area contributed by atoms with Gasteiger partial charge in [-0.3, -0.25) is 19.3 Å². The van der Waals surface area contributed by atoms with E-state index in [2.05, 4.69) is 40.2 Å². The molecule has 4 rings (SSSR count). The molecule has 0 spiro atoms. The quantitative estimate of drug-likeness (QED) is 0.287. The first kappa shape index (κ1) is 23.1. The molecule has 0 unspecified atom stereocenters. The van der Waals surface area contributed by atoms with Gasteiger partial charge in [0.05, 0.1) is 11.5 Å². The predicted octanol–water partition coefficient (Wildman–Crippen LogP) is 5.78. The normalized spacial score (nSPS) is 14.8. The number of rotatable bonds is 7. The monoisotopic (exact) mass is 525 g/mol. The third-order valence-electron chi connectivity index (χ3n) is 4.93. The number of ether oxygens (including phenoxy) is 2. The van der Waals surface area contributed by atoms with Gasteiger partial charge in [0.2, 0.25) is 0 Å². The lowest BCUT2D eigenvalue weighted by atomic mass is 10.1. The largest absolute Gasteiger partial charge is 0.488 e. The Balaban J connectivity index is 1.54. The van der Waals surface area contributed by atoms with E-state index in [1.165, 1.54) is 0 Å². The van der Waals surface area contributed by atoms with Gasteiger partial charge in [-0.2, -0.15) is 0 Å². The molecule has 1 aliphatic heterocycles. The lowest BCUT2D eigenvalue weighted by molar-refractivity contribution is -0.145. The van der Waals surface area contributed by atoms with E-state index in [1.807, 2.05) is 30.3 Å². The van der Waals surface area contributed by atoms with Crippen molar-refractivity contribution < 1.29 is 23.9 Å². The molecule has 0 bridgehead atoms. The Morgan fingerprint density at radius 1 is 1.06 bits per heavy atom. The number of carbonyl (C=O) groups is 3. The van der Waals surface area contributed by atoms with Crippen LogP contribution in [0.25, 0.3) is 16.8 Å². The van der Waals surface area contributed by atoms with Crippen molar-refractivity contribution in [3.05, 3.63) is 81.2 Å². The second-order valence-electron chi connectivity index (χ2n) is 7.23. The van der Waals surface area contributed by atoms with Crippen molar-refractivity contribution in [2.24, 2.45) is 0 Å². The maximum atomic E-state index is 12.7. The number of nitrogens with zero attached hydrogens (tertiary/aromatic N) is 1. The summed E-state index contributed by atoms with van der Waals surface area (Å²) in [7, 11) is 0. The number of halogens is 1. The van der Waals surface area contributed by atoms with E-state index >= 15 is 0 Å². The van der Waals surface area contributed by atoms with Gasteiger partial charge in [-0.05, 0) is 65.4 Å². The molecule has 0 aromatic heterocycles. The number of carbonyl (C=O) groups excluding carboxylic acids is 3. The molecule has 1 aliphatic rings. The highest BCUT2D eigenvalue weighted by atomic mass is 79.9. The van der Waals surface area contributed by atoms with Crippen molar-refractivity contribution in [1.29, 1.82) is 0 Å². The fraction of sp³-hybridized carbons (Fsp3) is 0.160. The molecule has 1 heterocycles. The van der Waals surface area contributed by atoms with Gasteiger partial charge in [0.1, 0.15) is 18.9 Å². The van der Waals surface area contributed by atoms with E-state index < -0.39 is 23.7 Å². The molecule has 8 heteroatoms. The summed E-state index contributed by atoms with van der Waals surface area (Å²) in [6.45, 7) is 1.79. The van der Waals surface area contributed by atoms with Gasteiger partial charge in [0, 0.05) is 10.0 Å². The molecule has 6 nitrogen and oxygen atoms in total. The molecule has 3 aromatic rings. The van der Waals surface area contributed by atoms with Crippen LogP contribution in [0.15, 0.2) is 70.0 Å². The molecule has 0 saturated carbocycles. The average molecular weight is 526 g/mol. The van der Waals surface area contributed by atoms with Crippen LogP contribution in [-0.4, -0.2) is 35.2 Å². The minimum absolute atomic E-state index is 0.181. The first-order chi connectivity index (χ1) is 15.9. The second kappa shape index (κ2) is 10.2. The Labute approximate surface area is 203 Å². The number of hydrogen-bond donors (Lipinski definition) is 0. The zero-order chi connectivity index (χ0) is 23.4. The topological polar surface area (TPSA) is 72.9 Å². The van der Waals surface area contributed by atoms with E-state index in [0.29, 0.717) is 17.9 Å². The number of hydrogen-bond acceptors (Lipinski definition) is 6. The Bertz CT molecular complexity index is 1270. The highest BCUT2D eigenvalue weighted by Gasteiger charge is 2.36.